The molecular weight excluding hydrogens is 561 g/mol. The second-order valence-electron chi connectivity index (χ2n) is 13.8. The van der Waals surface area contributed by atoms with Gasteiger partial charge in [-0.15, -0.1) is 0 Å². The van der Waals surface area contributed by atoms with Crippen LogP contribution in [0.1, 0.15) is 167 Å². The van der Waals surface area contributed by atoms with Crippen molar-refractivity contribution in [2.24, 2.45) is 0 Å². The number of ether oxygens (including phenoxy) is 1. The average Bonchev–Trinajstić information content (AvgIpc) is 2.95. The van der Waals surface area contributed by atoms with Gasteiger partial charge in [-0.1, -0.05) is 161 Å². The van der Waals surface area contributed by atoms with E-state index in [4.69, 9.17) is 13.8 Å². The van der Waals surface area contributed by atoms with Crippen LogP contribution >= 0.6 is 7.82 Å². The number of unbranched alkanes of at least 4 members (excludes halogenated alkanes) is 24. The van der Waals surface area contributed by atoms with Gasteiger partial charge in [0.1, 0.15) is 19.3 Å². The number of aliphatic hydroxyl groups is 1. The van der Waals surface area contributed by atoms with Crippen molar-refractivity contribution in [1.29, 1.82) is 0 Å². The fraction of sp³-hybridized carbons (Fsp3) is 1.00. The summed E-state index contributed by atoms with van der Waals surface area (Å²) >= 11 is 0. The van der Waals surface area contributed by atoms with Gasteiger partial charge in [0, 0.05) is 6.61 Å². The topological polar surface area (TPSA) is 85.2 Å². The Morgan fingerprint density at radius 3 is 1.23 bits per heavy atom. The van der Waals surface area contributed by atoms with Crippen molar-refractivity contribution in [1.82, 2.24) is 0 Å². The maximum atomic E-state index is 11.9. The molecule has 0 aromatic carbocycles. The molecule has 260 valence electrons. The molecule has 0 radical (unpaired) electrons. The SMILES string of the molecule is CCCCCCCCCCCCCCCCCCCCCCCCCCCOCC(O)COP(=O)(O)OCC[N+](C)(C)C. The number of hydrogen-bond donors (Lipinski definition) is 2. The second-order valence-corrected chi connectivity index (χ2v) is 15.3. The first kappa shape index (κ1) is 43.0. The number of quaternary nitrogens is 1. The van der Waals surface area contributed by atoms with E-state index in [2.05, 4.69) is 6.92 Å². The number of phosphoric acid groups is 1. The monoisotopic (exact) mass is 637 g/mol. The van der Waals surface area contributed by atoms with E-state index in [1.54, 1.807) is 0 Å². The lowest BCUT2D eigenvalue weighted by Gasteiger charge is -2.24. The zero-order valence-corrected chi connectivity index (χ0v) is 30.1. The molecule has 0 fully saturated rings. The number of rotatable bonds is 35. The number of hydrogen-bond acceptors (Lipinski definition) is 5. The molecule has 0 rings (SSSR count). The van der Waals surface area contributed by atoms with Crippen molar-refractivity contribution in [3.63, 3.8) is 0 Å². The summed E-state index contributed by atoms with van der Waals surface area (Å²) in [6, 6.07) is 0. The van der Waals surface area contributed by atoms with Crippen LogP contribution < -0.4 is 0 Å². The van der Waals surface area contributed by atoms with Crippen molar-refractivity contribution < 1.29 is 32.8 Å². The summed E-state index contributed by atoms with van der Waals surface area (Å²) in [7, 11) is 1.76. The van der Waals surface area contributed by atoms with Crippen LogP contribution in [0.4, 0.5) is 0 Å². The normalized spacial score (nSPS) is 14.3. The van der Waals surface area contributed by atoms with Gasteiger partial charge in [-0.3, -0.25) is 9.05 Å². The van der Waals surface area contributed by atoms with Gasteiger partial charge in [-0.05, 0) is 6.42 Å². The minimum absolute atomic E-state index is 0.0955. The summed E-state index contributed by atoms with van der Waals surface area (Å²) in [5.74, 6) is 0. The molecule has 0 aromatic heterocycles. The quantitative estimate of drug-likeness (QED) is 0.0409. The second kappa shape index (κ2) is 30.6. The highest BCUT2D eigenvalue weighted by molar-refractivity contribution is 7.47. The van der Waals surface area contributed by atoms with E-state index < -0.39 is 13.9 Å². The molecular formula is C35H75NO6P+. The molecule has 0 aromatic rings. The van der Waals surface area contributed by atoms with Gasteiger partial charge in [0.2, 0.25) is 0 Å². The first-order valence-corrected chi connectivity index (χ1v) is 19.8. The number of aliphatic hydroxyl groups excluding tert-OH is 1. The van der Waals surface area contributed by atoms with Gasteiger partial charge < -0.3 is 19.2 Å². The van der Waals surface area contributed by atoms with Crippen LogP contribution in [0.15, 0.2) is 0 Å². The van der Waals surface area contributed by atoms with E-state index in [1.807, 2.05) is 21.1 Å². The van der Waals surface area contributed by atoms with E-state index in [0.29, 0.717) is 17.6 Å². The summed E-state index contributed by atoms with van der Waals surface area (Å²) in [6.45, 7) is 3.39. The predicted octanol–water partition coefficient (Wildman–Crippen LogP) is 9.98. The molecule has 0 saturated heterocycles. The maximum Gasteiger partial charge on any atom is 0.472 e. The van der Waals surface area contributed by atoms with Crippen LogP contribution in [0, 0.1) is 0 Å². The molecule has 0 heterocycles. The van der Waals surface area contributed by atoms with Crippen LogP contribution in [0.5, 0.6) is 0 Å². The minimum Gasteiger partial charge on any atom is -0.388 e. The van der Waals surface area contributed by atoms with Gasteiger partial charge >= 0.3 is 7.82 Å². The van der Waals surface area contributed by atoms with Crippen molar-refractivity contribution >= 4 is 7.82 Å². The lowest BCUT2D eigenvalue weighted by Crippen LogP contribution is -2.37. The molecule has 0 bridgehead atoms. The fourth-order valence-corrected chi connectivity index (χ4v) is 6.01. The van der Waals surface area contributed by atoms with Gasteiger partial charge in [0.25, 0.3) is 0 Å². The van der Waals surface area contributed by atoms with Crippen molar-refractivity contribution in [3.05, 3.63) is 0 Å². The highest BCUT2D eigenvalue weighted by Gasteiger charge is 2.24. The Hall–Kier alpha value is -0.0100. The van der Waals surface area contributed by atoms with Crippen LogP contribution in [0.25, 0.3) is 0 Å². The first-order chi connectivity index (χ1) is 20.7. The summed E-state index contributed by atoms with van der Waals surface area (Å²) in [6.07, 6.45) is 33.6. The van der Waals surface area contributed by atoms with Crippen LogP contribution in [-0.2, 0) is 18.3 Å². The van der Waals surface area contributed by atoms with E-state index >= 15 is 0 Å². The minimum atomic E-state index is -4.14. The molecule has 8 heteroatoms. The van der Waals surface area contributed by atoms with Gasteiger partial charge in [-0.2, -0.15) is 0 Å². The molecule has 43 heavy (non-hydrogen) atoms. The van der Waals surface area contributed by atoms with Gasteiger partial charge in [0.05, 0.1) is 34.4 Å². The Morgan fingerprint density at radius 1 is 0.535 bits per heavy atom. The standard InChI is InChI=1S/C35H74NO6P/c1-5-6-7-8-9-10-11-12-13-14-15-16-17-18-19-20-21-22-23-24-25-26-27-28-29-31-40-33-35(37)34-42-43(38,39)41-32-30-36(2,3)4/h35,37H,5-34H2,1-4H3/p+1. The fourth-order valence-electron chi connectivity index (χ4n) is 5.26. The summed E-state index contributed by atoms with van der Waals surface area (Å²) in [4.78, 5) is 9.69. The number of phosphoric ester groups is 1. The van der Waals surface area contributed by atoms with E-state index in [-0.39, 0.29) is 19.8 Å². The third-order valence-electron chi connectivity index (χ3n) is 8.15. The van der Waals surface area contributed by atoms with Crippen LogP contribution in [-0.4, -0.2) is 74.7 Å². The van der Waals surface area contributed by atoms with E-state index in [9.17, 15) is 14.6 Å². The third kappa shape index (κ3) is 36.3. The average molecular weight is 637 g/mol. The van der Waals surface area contributed by atoms with E-state index in [0.717, 1.165) is 12.8 Å². The molecule has 2 unspecified atom stereocenters. The molecule has 0 aliphatic rings. The Labute approximate surface area is 268 Å². The van der Waals surface area contributed by atoms with Crippen molar-refractivity contribution in [2.45, 2.75) is 174 Å². The summed E-state index contributed by atoms with van der Waals surface area (Å²) in [5, 5.41) is 9.92. The molecule has 2 N–H and O–H groups in total. The van der Waals surface area contributed by atoms with Crippen molar-refractivity contribution in [2.75, 3.05) is 54.1 Å². The molecule has 0 spiro atoms. The molecule has 0 saturated carbocycles. The lowest BCUT2D eigenvalue weighted by molar-refractivity contribution is -0.870. The molecule has 0 aliphatic carbocycles. The predicted molar refractivity (Wildman–Crippen MR) is 183 cm³/mol. The highest BCUT2D eigenvalue weighted by Crippen LogP contribution is 2.43. The molecule has 2 atom stereocenters. The Bertz CT molecular complexity index is 616. The Morgan fingerprint density at radius 2 is 0.884 bits per heavy atom. The zero-order valence-electron chi connectivity index (χ0n) is 29.2. The Balaban J connectivity index is 3.26. The molecule has 0 amide bonds. The maximum absolute atomic E-state index is 11.9. The molecule has 0 aliphatic heterocycles. The largest absolute Gasteiger partial charge is 0.472 e. The number of nitrogens with zero attached hydrogens (tertiary/aromatic N) is 1. The van der Waals surface area contributed by atoms with Gasteiger partial charge in [0.15, 0.2) is 0 Å². The van der Waals surface area contributed by atoms with Crippen LogP contribution in [0.2, 0.25) is 0 Å². The lowest BCUT2D eigenvalue weighted by atomic mass is 10.0. The summed E-state index contributed by atoms with van der Waals surface area (Å²) < 4.78 is 27.8. The Kier molecular flexibility index (Phi) is 30.6. The van der Waals surface area contributed by atoms with Gasteiger partial charge in [-0.25, -0.2) is 4.57 Å². The zero-order chi connectivity index (χ0) is 31.9. The molecule has 7 nitrogen and oxygen atoms in total. The highest BCUT2D eigenvalue weighted by atomic mass is 31.2. The first-order valence-electron chi connectivity index (χ1n) is 18.3. The smallest absolute Gasteiger partial charge is 0.388 e. The third-order valence-corrected chi connectivity index (χ3v) is 9.13. The summed E-state index contributed by atoms with van der Waals surface area (Å²) in [5.41, 5.74) is 0. The van der Waals surface area contributed by atoms with Crippen LogP contribution in [0.3, 0.4) is 0 Å². The van der Waals surface area contributed by atoms with Crippen molar-refractivity contribution in [3.8, 4) is 0 Å². The van der Waals surface area contributed by atoms with E-state index in [1.165, 1.54) is 148 Å². The number of likely N-dealkylation sites (N-methyl/N-ethyl adjacent to an activating group) is 1.